The van der Waals surface area contributed by atoms with Gasteiger partial charge >= 0.3 is 0 Å². The molecule has 0 saturated carbocycles. The maximum absolute atomic E-state index is 13.1. The molecular weight excluding hydrogens is 403 g/mol. The standard InChI is InChI=1S/C23H27FN2O5/c1-3-29-19-10-7-17(13-20(19)30-4-2)23(28)25-14-22(27)26-11-12-31-21(15-26)16-5-8-18(24)9-6-16/h5-10,13,21H,3-4,11-12,14-15H2,1-2H3,(H,25,28). The van der Waals surface area contributed by atoms with Gasteiger partial charge in [-0.25, -0.2) is 4.39 Å². The first-order valence-electron chi connectivity index (χ1n) is 10.3. The van der Waals surface area contributed by atoms with Crippen LogP contribution >= 0.6 is 0 Å². The van der Waals surface area contributed by atoms with Crippen molar-refractivity contribution in [2.45, 2.75) is 20.0 Å². The van der Waals surface area contributed by atoms with Crippen LogP contribution in [0.4, 0.5) is 4.39 Å². The van der Waals surface area contributed by atoms with Gasteiger partial charge in [0.1, 0.15) is 11.9 Å². The fourth-order valence-corrected chi connectivity index (χ4v) is 3.32. The number of amides is 2. The zero-order chi connectivity index (χ0) is 22.2. The lowest BCUT2D eigenvalue weighted by Crippen LogP contribution is -2.46. The first-order chi connectivity index (χ1) is 15.0. The van der Waals surface area contributed by atoms with Crippen LogP contribution in [0.25, 0.3) is 0 Å². The van der Waals surface area contributed by atoms with Gasteiger partial charge in [-0.05, 0) is 49.7 Å². The molecule has 1 aliphatic rings. The van der Waals surface area contributed by atoms with Gasteiger partial charge in [0, 0.05) is 12.1 Å². The Bertz CT molecular complexity index is 903. The van der Waals surface area contributed by atoms with E-state index in [1.54, 1.807) is 35.2 Å². The molecule has 2 aromatic rings. The van der Waals surface area contributed by atoms with E-state index in [1.807, 2.05) is 13.8 Å². The summed E-state index contributed by atoms with van der Waals surface area (Å²) < 4.78 is 29.9. The van der Waals surface area contributed by atoms with Gasteiger partial charge in [0.05, 0.1) is 32.9 Å². The van der Waals surface area contributed by atoms with Crippen LogP contribution in [0.3, 0.4) is 0 Å². The summed E-state index contributed by atoms with van der Waals surface area (Å²) in [6, 6.07) is 11.0. The van der Waals surface area contributed by atoms with Crippen LogP contribution in [-0.2, 0) is 9.53 Å². The summed E-state index contributed by atoms with van der Waals surface area (Å²) in [5, 5.41) is 2.66. The molecule has 31 heavy (non-hydrogen) atoms. The number of rotatable bonds is 8. The third kappa shape index (κ3) is 5.95. The van der Waals surface area contributed by atoms with Crippen LogP contribution in [0.1, 0.15) is 35.9 Å². The zero-order valence-corrected chi connectivity index (χ0v) is 17.7. The van der Waals surface area contributed by atoms with Crippen LogP contribution in [0.15, 0.2) is 42.5 Å². The molecule has 0 radical (unpaired) electrons. The average molecular weight is 430 g/mol. The Balaban J connectivity index is 1.57. The van der Waals surface area contributed by atoms with E-state index in [1.165, 1.54) is 12.1 Å². The molecule has 1 unspecified atom stereocenters. The summed E-state index contributed by atoms with van der Waals surface area (Å²) in [6.45, 7) is 5.66. The van der Waals surface area contributed by atoms with Crippen molar-refractivity contribution in [3.05, 3.63) is 59.4 Å². The lowest BCUT2D eigenvalue weighted by molar-refractivity contribution is -0.137. The molecule has 0 bridgehead atoms. The second kappa shape index (κ2) is 10.8. The van der Waals surface area contributed by atoms with Crippen LogP contribution in [0.5, 0.6) is 11.5 Å². The molecule has 166 valence electrons. The Morgan fingerprint density at radius 3 is 2.52 bits per heavy atom. The van der Waals surface area contributed by atoms with Crippen molar-refractivity contribution in [1.29, 1.82) is 0 Å². The van der Waals surface area contributed by atoms with Crippen LogP contribution < -0.4 is 14.8 Å². The molecule has 0 aromatic heterocycles. The summed E-state index contributed by atoms with van der Waals surface area (Å²) in [5.74, 6) is 0.146. The highest BCUT2D eigenvalue weighted by molar-refractivity contribution is 5.97. The third-order valence-corrected chi connectivity index (χ3v) is 4.87. The Kier molecular flexibility index (Phi) is 7.83. The highest BCUT2D eigenvalue weighted by atomic mass is 19.1. The molecular formula is C23H27FN2O5. The summed E-state index contributed by atoms with van der Waals surface area (Å²) in [4.78, 5) is 26.8. The first-order valence-corrected chi connectivity index (χ1v) is 10.3. The van der Waals surface area contributed by atoms with Crippen LogP contribution in [0, 0.1) is 5.82 Å². The largest absolute Gasteiger partial charge is 0.490 e. The predicted molar refractivity (Wildman–Crippen MR) is 113 cm³/mol. The van der Waals surface area contributed by atoms with E-state index in [0.717, 1.165) is 5.56 Å². The van der Waals surface area contributed by atoms with E-state index < -0.39 is 0 Å². The summed E-state index contributed by atoms with van der Waals surface area (Å²) in [5.41, 5.74) is 1.19. The van der Waals surface area contributed by atoms with Crippen molar-refractivity contribution in [1.82, 2.24) is 10.2 Å². The van der Waals surface area contributed by atoms with Crippen molar-refractivity contribution in [2.75, 3.05) is 39.5 Å². The highest BCUT2D eigenvalue weighted by Crippen LogP contribution is 2.28. The van der Waals surface area contributed by atoms with Gasteiger partial charge < -0.3 is 24.4 Å². The lowest BCUT2D eigenvalue weighted by atomic mass is 10.1. The second-order valence-corrected chi connectivity index (χ2v) is 6.96. The average Bonchev–Trinajstić information content (AvgIpc) is 2.79. The number of hydrogen-bond acceptors (Lipinski definition) is 5. The molecule has 1 heterocycles. The summed E-state index contributed by atoms with van der Waals surface area (Å²) in [6.07, 6.45) is -0.325. The van der Waals surface area contributed by atoms with Gasteiger partial charge in [0.15, 0.2) is 11.5 Å². The second-order valence-electron chi connectivity index (χ2n) is 6.96. The molecule has 0 spiro atoms. The van der Waals surface area contributed by atoms with Gasteiger partial charge in [-0.2, -0.15) is 0 Å². The van der Waals surface area contributed by atoms with Crippen molar-refractivity contribution >= 4 is 11.8 Å². The zero-order valence-electron chi connectivity index (χ0n) is 17.7. The van der Waals surface area contributed by atoms with Crippen molar-refractivity contribution < 1.29 is 28.2 Å². The predicted octanol–water partition coefficient (Wildman–Crippen LogP) is 2.95. The number of carbonyl (C=O) groups is 2. The lowest BCUT2D eigenvalue weighted by Gasteiger charge is -2.33. The van der Waals surface area contributed by atoms with E-state index in [-0.39, 0.29) is 30.3 Å². The maximum atomic E-state index is 13.1. The molecule has 1 atom stereocenters. The molecule has 0 aliphatic carbocycles. The molecule has 2 aromatic carbocycles. The minimum Gasteiger partial charge on any atom is -0.490 e. The number of carbonyl (C=O) groups excluding carboxylic acids is 2. The Hall–Kier alpha value is -3.13. The van der Waals surface area contributed by atoms with Gasteiger partial charge in [-0.15, -0.1) is 0 Å². The minimum absolute atomic E-state index is 0.133. The van der Waals surface area contributed by atoms with Gasteiger partial charge in [-0.1, -0.05) is 12.1 Å². The minimum atomic E-state index is -0.374. The van der Waals surface area contributed by atoms with Gasteiger partial charge in [-0.3, -0.25) is 9.59 Å². The SMILES string of the molecule is CCOc1ccc(C(=O)NCC(=O)N2CCOC(c3ccc(F)cc3)C2)cc1OCC. The number of nitrogens with one attached hydrogen (secondary N) is 1. The van der Waals surface area contributed by atoms with E-state index in [2.05, 4.69) is 5.32 Å². The normalized spacial score (nSPS) is 16.0. The van der Waals surface area contributed by atoms with E-state index in [9.17, 15) is 14.0 Å². The Morgan fingerprint density at radius 2 is 1.81 bits per heavy atom. The number of morpholine rings is 1. The van der Waals surface area contributed by atoms with E-state index in [4.69, 9.17) is 14.2 Å². The number of halogens is 1. The van der Waals surface area contributed by atoms with Crippen LogP contribution in [-0.4, -0.2) is 56.2 Å². The molecule has 7 nitrogen and oxygen atoms in total. The van der Waals surface area contributed by atoms with Crippen molar-refractivity contribution in [3.63, 3.8) is 0 Å². The number of ether oxygens (including phenoxy) is 3. The molecule has 1 fully saturated rings. The fourth-order valence-electron chi connectivity index (χ4n) is 3.32. The number of benzene rings is 2. The molecule has 2 amide bonds. The Labute approximate surface area is 181 Å². The molecule has 8 heteroatoms. The van der Waals surface area contributed by atoms with Crippen molar-refractivity contribution in [2.24, 2.45) is 0 Å². The maximum Gasteiger partial charge on any atom is 0.251 e. The number of nitrogens with zero attached hydrogens (tertiary/aromatic N) is 1. The summed E-state index contributed by atoms with van der Waals surface area (Å²) in [7, 11) is 0. The quantitative estimate of drug-likeness (QED) is 0.697. The van der Waals surface area contributed by atoms with Crippen LogP contribution in [0.2, 0.25) is 0 Å². The third-order valence-electron chi connectivity index (χ3n) is 4.87. The molecule has 1 saturated heterocycles. The molecule has 3 rings (SSSR count). The number of hydrogen-bond donors (Lipinski definition) is 1. The molecule has 1 N–H and O–H groups in total. The smallest absolute Gasteiger partial charge is 0.251 e. The van der Waals surface area contributed by atoms with E-state index >= 15 is 0 Å². The Morgan fingerprint density at radius 1 is 1.10 bits per heavy atom. The highest BCUT2D eigenvalue weighted by Gasteiger charge is 2.25. The monoisotopic (exact) mass is 430 g/mol. The first kappa shape index (κ1) is 22.6. The molecule has 1 aliphatic heterocycles. The van der Waals surface area contributed by atoms with Crippen molar-refractivity contribution in [3.8, 4) is 11.5 Å². The topological polar surface area (TPSA) is 77.1 Å². The van der Waals surface area contributed by atoms with Gasteiger partial charge in [0.2, 0.25) is 5.91 Å². The van der Waals surface area contributed by atoms with E-state index in [0.29, 0.717) is 50.0 Å². The summed E-state index contributed by atoms with van der Waals surface area (Å²) >= 11 is 0. The van der Waals surface area contributed by atoms with Gasteiger partial charge in [0.25, 0.3) is 5.91 Å². The fraction of sp³-hybridized carbons (Fsp3) is 0.391.